The summed E-state index contributed by atoms with van der Waals surface area (Å²) in [5.74, 6) is 1.54. The van der Waals surface area contributed by atoms with Crippen molar-refractivity contribution in [1.29, 1.82) is 0 Å². The summed E-state index contributed by atoms with van der Waals surface area (Å²) >= 11 is 3.39. The molecule has 2 heterocycles. The molecule has 2 rings (SSSR count). The molecule has 2 aromatic rings. The Balaban J connectivity index is 2.54. The molecule has 0 saturated heterocycles. The van der Waals surface area contributed by atoms with Crippen LogP contribution in [-0.4, -0.2) is 42.4 Å². The molecular formula is C13H20BrN5O2S. The second-order valence-electron chi connectivity index (χ2n) is 5.37. The van der Waals surface area contributed by atoms with Crippen LogP contribution in [0, 0.1) is 5.92 Å². The lowest BCUT2D eigenvalue weighted by Crippen LogP contribution is -2.29. The minimum atomic E-state index is -3.37. The number of rotatable bonds is 6. The molecule has 0 aliphatic rings. The van der Waals surface area contributed by atoms with Gasteiger partial charge in [-0.05, 0) is 28.8 Å². The first-order valence-electron chi connectivity index (χ1n) is 7.01. The molecule has 0 spiro atoms. The summed E-state index contributed by atoms with van der Waals surface area (Å²) in [4.78, 5) is 4.40. The molecule has 7 nitrogen and oxygen atoms in total. The van der Waals surface area contributed by atoms with Crippen LogP contribution in [-0.2, 0) is 10.0 Å². The summed E-state index contributed by atoms with van der Waals surface area (Å²) in [7, 11) is -1.86. The van der Waals surface area contributed by atoms with Gasteiger partial charge in [0.15, 0.2) is 5.65 Å². The summed E-state index contributed by atoms with van der Waals surface area (Å²) in [6.45, 7) is 6.55. The highest BCUT2D eigenvalue weighted by Crippen LogP contribution is 2.25. The molecule has 0 aliphatic heterocycles. The third-order valence-electron chi connectivity index (χ3n) is 3.21. The van der Waals surface area contributed by atoms with Crippen LogP contribution in [0.15, 0.2) is 16.7 Å². The number of sulfonamides is 1. The molecule has 122 valence electrons. The fourth-order valence-corrected chi connectivity index (χ4v) is 2.97. The summed E-state index contributed by atoms with van der Waals surface area (Å²) in [6, 6.07) is 1.70. The van der Waals surface area contributed by atoms with Crippen LogP contribution in [0.2, 0.25) is 0 Å². The van der Waals surface area contributed by atoms with Gasteiger partial charge in [-0.15, -0.1) is 0 Å². The van der Waals surface area contributed by atoms with Gasteiger partial charge in [-0.1, -0.05) is 13.8 Å². The summed E-state index contributed by atoms with van der Waals surface area (Å²) in [5.41, 5.74) is 0.571. The summed E-state index contributed by atoms with van der Waals surface area (Å²) in [5, 5.41) is 7.54. The van der Waals surface area contributed by atoms with E-state index in [1.54, 1.807) is 23.7 Å². The topological polar surface area (TPSA) is 79.6 Å². The Morgan fingerprint density at radius 2 is 2.14 bits per heavy atom. The van der Waals surface area contributed by atoms with Gasteiger partial charge in [0.25, 0.3) is 0 Å². The largest absolute Gasteiger partial charge is 0.370 e. The lowest BCUT2D eigenvalue weighted by Gasteiger charge is -2.19. The highest BCUT2D eigenvalue weighted by molar-refractivity contribution is 9.10. The van der Waals surface area contributed by atoms with E-state index in [2.05, 4.69) is 45.2 Å². The van der Waals surface area contributed by atoms with E-state index in [9.17, 15) is 8.42 Å². The Bertz CT molecular complexity index is 772. The normalized spacial score (nSPS) is 12.1. The zero-order valence-corrected chi connectivity index (χ0v) is 15.4. The van der Waals surface area contributed by atoms with Crippen molar-refractivity contribution in [2.75, 3.05) is 29.0 Å². The van der Waals surface area contributed by atoms with Gasteiger partial charge < -0.3 is 5.32 Å². The second-order valence-corrected chi connectivity index (χ2v) is 8.51. The number of halogens is 1. The van der Waals surface area contributed by atoms with E-state index in [4.69, 9.17) is 0 Å². The van der Waals surface area contributed by atoms with E-state index in [-0.39, 0.29) is 5.75 Å². The number of nitrogens with one attached hydrogen (secondary N) is 1. The van der Waals surface area contributed by atoms with Gasteiger partial charge in [0.1, 0.15) is 11.6 Å². The molecule has 9 heteroatoms. The quantitative estimate of drug-likeness (QED) is 0.819. The highest BCUT2D eigenvalue weighted by Gasteiger charge is 2.20. The third kappa shape index (κ3) is 3.35. The maximum absolute atomic E-state index is 12.1. The zero-order valence-electron chi connectivity index (χ0n) is 13.0. The lowest BCUT2D eigenvalue weighted by atomic mass is 10.2. The molecule has 2 aromatic heterocycles. The lowest BCUT2D eigenvalue weighted by molar-refractivity contribution is 0.595. The Morgan fingerprint density at radius 3 is 2.73 bits per heavy atom. The van der Waals surface area contributed by atoms with E-state index >= 15 is 0 Å². The molecule has 0 bridgehead atoms. The van der Waals surface area contributed by atoms with Crippen molar-refractivity contribution in [1.82, 2.24) is 14.6 Å². The van der Waals surface area contributed by atoms with E-state index < -0.39 is 10.0 Å². The van der Waals surface area contributed by atoms with Crippen LogP contribution in [0.4, 0.5) is 11.6 Å². The van der Waals surface area contributed by atoms with Crippen molar-refractivity contribution in [2.24, 2.45) is 5.92 Å². The molecule has 0 fully saturated rings. The third-order valence-corrected chi connectivity index (χ3v) is 5.52. The van der Waals surface area contributed by atoms with Crippen LogP contribution in [0.1, 0.15) is 20.8 Å². The number of aromatic nitrogens is 3. The highest BCUT2D eigenvalue weighted by atomic mass is 79.9. The summed E-state index contributed by atoms with van der Waals surface area (Å²) in [6.07, 6.45) is 1.64. The number of nitrogens with zero attached hydrogens (tertiary/aromatic N) is 4. The molecule has 0 unspecified atom stereocenters. The Kier molecular flexibility index (Phi) is 4.96. The van der Waals surface area contributed by atoms with E-state index in [0.717, 1.165) is 6.54 Å². The molecule has 0 atom stereocenters. The van der Waals surface area contributed by atoms with Gasteiger partial charge in [0.05, 0.1) is 16.4 Å². The first-order chi connectivity index (χ1) is 10.3. The average molecular weight is 390 g/mol. The Labute approximate surface area is 138 Å². The summed E-state index contributed by atoms with van der Waals surface area (Å²) < 4.78 is 27.7. The van der Waals surface area contributed by atoms with Gasteiger partial charge in [0.2, 0.25) is 10.0 Å². The van der Waals surface area contributed by atoms with Crippen molar-refractivity contribution in [3.05, 3.63) is 16.7 Å². The van der Waals surface area contributed by atoms with Gasteiger partial charge in [-0.3, -0.25) is 4.31 Å². The van der Waals surface area contributed by atoms with Crippen molar-refractivity contribution in [2.45, 2.75) is 20.8 Å². The standard InChI is InChI=1S/C13H20BrN5O2S/c1-5-22(20,21)18(4)12-6-11(15-7-9(2)3)19-13(17-12)10(14)8-16-19/h6,8-9,15H,5,7H2,1-4H3. The van der Waals surface area contributed by atoms with Crippen molar-refractivity contribution in [3.63, 3.8) is 0 Å². The maximum Gasteiger partial charge on any atom is 0.235 e. The van der Waals surface area contributed by atoms with Gasteiger partial charge >= 0.3 is 0 Å². The van der Waals surface area contributed by atoms with Crippen LogP contribution < -0.4 is 9.62 Å². The molecule has 0 amide bonds. The average Bonchev–Trinajstić information content (AvgIpc) is 2.85. The zero-order chi connectivity index (χ0) is 16.5. The van der Waals surface area contributed by atoms with Crippen LogP contribution in [0.3, 0.4) is 0 Å². The van der Waals surface area contributed by atoms with Gasteiger partial charge in [0, 0.05) is 19.7 Å². The SMILES string of the molecule is CCS(=O)(=O)N(C)c1cc(NCC(C)C)n2ncc(Br)c2n1. The van der Waals surface area contributed by atoms with Crippen molar-refractivity contribution < 1.29 is 8.42 Å². The predicted octanol–water partition coefficient (Wildman–Crippen LogP) is 2.35. The van der Waals surface area contributed by atoms with Gasteiger partial charge in [-0.2, -0.15) is 9.61 Å². The monoisotopic (exact) mass is 389 g/mol. The van der Waals surface area contributed by atoms with Crippen molar-refractivity contribution in [3.8, 4) is 0 Å². The number of anilines is 2. The maximum atomic E-state index is 12.1. The minimum absolute atomic E-state index is 0.0194. The number of fused-ring (bicyclic) bond motifs is 1. The smallest absolute Gasteiger partial charge is 0.235 e. The second kappa shape index (κ2) is 6.41. The minimum Gasteiger partial charge on any atom is -0.370 e. The first kappa shape index (κ1) is 17.0. The molecule has 0 aromatic carbocycles. The molecule has 1 N–H and O–H groups in total. The number of hydrogen-bond donors (Lipinski definition) is 1. The molecule has 0 aliphatic carbocycles. The predicted molar refractivity (Wildman–Crippen MR) is 91.9 cm³/mol. The van der Waals surface area contributed by atoms with Crippen molar-refractivity contribution >= 4 is 43.2 Å². The van der Waals surface area contributed by atoms with Crippen LogP contribution >= 0.6 is 15.9 Å². The van der Waals surface area contributed by atoms with Crippen LogP contribution in [0.5, 0.6) is 0 Å². The Morgan fingerprint density at radius 1 is 1.45 bits per heavy atom. The van der Waals surface area contributed by atoms with Crippen LogP contribution in [0.25, 0.3) is 5.65 Å². The molecule has 22 heavy (non-hydrogen) atoms. The van der Waals surface area contributed by atoms with E-state index in [1.165, 1.54) is 11.4 Å². The fraction of sp³-hybridized carbons (Fsp3) is 0.538. The molecular weight excluding hydrogens is 370 g/mol. The fourth-order valence-electron chi connectivity index (χ4n) is 1.86. The number of hydrogen-bond acceptors (Lipinski definition) is 5. The molecule has 0 saturated carbocycles. The molecule has 0 radical (unpaired) electrons. The van der Waals surface area contributed by atoms with E-state index in [1.807, 2.05) is 0 Å². The van der Waals surface area contributed by atoms with Gasteiger partial charge in [-0.25, -0.2) is 13.4 Å². The Hall–Kier alpha value is -1.35. The first-order valence-corrected chi connectivity index (χ1v) is 9.41. The van der Waals surface area contributed by atoms with E-state index in [0.29, 0.717) is 27.7 Å².